The molecular formula is C25H31N5O6S. The number of imidazole rings is 1. The number of carbonyl (C=O) groups excluding carboxylic acids is 2. The fourth-order valence-electron chi connectivity index (χ4n) is 3.94. The van der Waals surface area contributed by atoms with Gasteiger partial charge in [0.25, 0.3) is 0 Å². The van der Waals surface area contributed by atoms with Gasteiger partial charge >= 0.3 is 16.2 Å². The summed E-state index contributed by atoms with van der Waals surface area (Å²) in [6.07, 6.45) is 3.94. The Morgan fingerprint density at radius 1 is 1.08 bits per heavy atom. The normalized spacial score (nSPS) is 14.4. The molecule has 0 saturated heterocycles. The average Bonchev–Trinajstić information content (AvgIpc) is 3.46. The molecule has 1 aliphatic rings. The van der Waals surface area contributed by atoms with Gasteiger partial charge in [0.2, 0.25) is 11.9 Å². The molecule has 2 aromatic carbocycles. The molecule has 0 spiro atoms. The van der Waals surface area contributed by atoms with E-state index in [1.807, 2.05) is 0 Å². The quantitative estimate of drug-likeness (QED) is 0.318. The Morgan fingerprint density at radius 3 is 2.46 bits per heavy atom. The molecule has 0 atom stereocenters. The van der Waals surface area contributed by atoms with Gasteiger partial charge in [-0.25, -0.2) is 9.78 Å². The van der Waals surface area contributed by atoms with Crippen LogP contribution >= 0.6 is 0 Å². The molecule has 37 heavy (non-hydrogen) atoms. The van der Waals surface area contributed by atoms with Crippen molar-refractivity contribution in [2.45, 2.75) is 63.0 Å². The lowest BCUT2D eigenvalue weighted by atomic mass is 10.2. The van der Waals surface area contributed by atoms with Gasteiger partial charge in [-0.15, -0.1) is 0 Å². The lowest BCUT2D eigenvalue weighted by Crippen LogP contribution is -2.37. The monoisotopic (exact) mass is 529 g/mol. The third-order valence-electron chi connectivity index (χ3n) is 5.58. The third kappa shape index (κ3) is 7.35. The summed E-state index contributed by atoms with van der Waals surface area (Å²) < 4.78 is 36.0. The topological polar surface area (TPSA) is 152 Å². The molecule has 12 heteroatoms. The molecule has 1 saturated carbocycles. The van der Waals surface area contributed by atoms with Gasteiger partial charge in [-0.2, -0.15) is 8.42 Å². The van der Waals surface area contributed by atoms with Gasteiger partial charge in [-0.1, -0.05) is 12.8 Å². The average molecular weight is 530 g/mol. The standard InChI is InChI=1S/C25H31N5O6S/c1-25(2,3)35-24(32)26-15-22(31)30-23-28-20-13-10-18(14-21(20)29-23)36-37(33,34)19-11-8-17(9-12-19)27-16-6-4-5-7-16/h8-14,16,27H,4-7,15H2,1-3H3,(H,26,32)(H2,28,29,30,31). The summed E-state index contributed by atoms with van der Waals surface area (Å²) in [5.74, 6) is -0.303. The second-order valence-electron chi connectivity index (χ2n) is 9.86. The first-order valence-corrected chi connectivity index (χ1v) is 13.5. The lowest BCUT2D eigenvalue weighted by Gasteiger charge is -2.19. The largest absolute Gasteiger partial charge is 0.444 e. The Hall–Kier alpha value is -3.80. The van der Waals surface area contributed by atoms with E-state index >= 15 is 0 Å². The Bertz CT molecular complexity index is 1370. The van der Waals surface area contributed by atoms with E-state index in [9.17, 15) is 18.0 Å². The zero-order valence-electron chi connectivity index (χ0n) is 21.0. The molecule has 0 radical (unpaired) electrons. The van der Waals surface area contributed by atoms with Gasteiger partial charge in [0, 0.05) is 17.8 Å². The fraction of sp³-hybridized carbons (Fsp3) is 0.400. The number of anilines is 2. The maximum atomic E-state index is 12.8. The number of benzene rings is 2. The molecule has 4 N–H and O–H groups in total. The first kappa shape index (κ1) is 26.3. The van der Waals surface area contributed by atoms with E-state index in [0.29, 0.717) is 17.1 Å². The van der Waals surface area contributed by atoms with E-state index < -0.39 is 27.7 Å². The molecule has 1 aromatic heterocycles. The van der Waals surface area contributed by atoms with Crippen LogP contribution in [0.5, 0.6) is 5.75 Å². The van der Waals surface area contributed by atoms with Crippen molar-refractivity contribution in [3.05, 3.63) is 42.5 Å². The maximum Gasteiger partial charge on any atom is 0.408 e. The van der Waals surface area contributed by atoms with Crippen LogP contribution in [0.25, 0.3) is 11.0 Å². The van der Waals surface area contributed by atoms with E-state index in [1.165, 1.54) is 37.1 Å². The van der Waals surface area contributed by atoms with Crippen molar-refractivity contribution >= 4 is 44.8 Å². The minimum Gasteiger partial charge on any atom is -0.444 e. The molecule has 0 bridgehead atoms. The molecule has 0 aliphatic heterocycles. The van der Waals surface area contributed by atoms with Crippen molar-refractivity contribution in [1.82, 2.24) is 15.3 Å². The van der Waals surface area contributed by atoms with Crippen LogP contribution < -0.4 is 20.1 Å². The summed E-state index contributed by atoms with van der Waals surface area (Å²) in [6.45, 7) is 4.84. The number of hydrogen-bond acceptors (Lipinski definition) is 8. The third-order valence-corrected chi connectivity index (χ3v) is 6.84. The summed E-state index contributed by atoms with van der Waals surface area (Å²) in [5, 5.41) is 8.32. The number of alkyl carbamates (subject to hydrolysis) is 1. The SMILES string of the molecule is CC(C)(C)OC(=O)NCC(=O)Nc1nc2cc(OS(=O)(=O)c3ccc(NC4CCCC4)cc3)ccc2[nH]1. The summed E-state index contributed by atoms with van der Waals surface area (Å²) in [5.41, 5.74) is 1.14. The smallest absolute Gasteiger partial charge is 0.408 e. The molecule has 1 fully saturated rings. The summed E-state index contributed by atoms with van der Waals surface area (Å²) in [4.78, 5) is 31.0. The highest BCUT2D eigenvalue weighted by molar-refractivity contribution is 7.87. The molecule has 3 aromatic rings. The molecule has 198 valence electrons. The molecule has 1 aliphatic carbocycles. The number of amides is 2. The van der Waals surface area contributed by atoms with Crippen LogP contribution in [0.4, 0.5) is 16.4 Å². The van der Waals surface area contributed by atoms with Gasteiger partial charge in [-0.3, -0.25) is 10.1 Å². The number of ether oxygens (including phenoxy) is 1. The molecule has 0 unspecified atom stereocenters. The van der Waals surface area contributed by atoms with E-state index in [4.69, 9.17) is 8.92 Å². The summed E-state index contributed by atoms with van der Waals surface area (Å²) >= 11 is 0. The second-order valence-corrected chi connectivity index (χ2v) is 11.4. The molecule has 2 amide bonds. The zero-order valence-corrected chi connectivity index (χ0v) is 21.8. The molecule has 1 heterocycles. The van der Waals surface area contributed by atoms with Gasteiger partial charge in [0.1, 0.15) is 22.8 Å². The number of fused-ring (bicyclic) bond motifs is 1. The molecule has 11 nitrogen and oxygen atoms in total. The number of hydrogen-bond donors (Lipinski definition) is 4. The van der Waals surface area contributed by atoms with Gasteiger partial charge in [0.05, 0.1) is 11.0 Å². The van der Waals surface area contributed by atoms with Crippen LogP contribution in [0.2, 0.25) is 0 Å². The highest BCUT2D eigenvalue weighted by Crippen LogP contribution is 2.26. The number of nitrogens with zero attached hydrogens (tertiary/aromatic N) is 1. The number of aromatic amines is 1. The summed E-state index contributed by atoms with van der Waals surface area (Å²) in [6, 6.07) is 11.5. The van der Waals surface area contributed by atoms with Crippen LogP contribution in [-0.4, -0.2) is 48.6 Å². The van der Waals surface area contributed by atoms with E-state index in [1.54, 1.807) is 39.0 Å². The number of nitrogens with one attached hydrogen (secondary N) is 4. The van der Waals surface area contributed by atoms with Crippen molar-refractivity contribution in [2.75, 3.05) is 17.2 Å². The van der Waals surface area contributed by atoms with Crippen molar-refractivity contribution in [3.63, 3.8) is 0 Å². The predicted octanol–water partition coefficient (Wildman–Crippen LogP) is 4.15. The number of aromatic nitrogens is 2. The van der Waals surface area contributed by atoms with E-state index in [-0.39, 0.29) is 23.1 Å². The molecular weight excluding hydrogens is 498 g/mol. The van der Waals surface area contributed by atoms with Crippen LogP contribution in [0, 0.1) is 0 Å². The number of rotatable bonds is 8. The van der Waals surface area contributed by atoms with Crippen molar-refractivity contribution in [1.29, 1.82) is 0 Å². The Kier molecular flexibility index (Phi) is 7.58. The maximum absolute atomic E-state index is 12.8. The zero-order chi connectivity index (χ0) is 26.6. The van der Waals surface area contributed by atoms with Crippen LogP contribution in [0.15, 0.2) is 47.4 Å². The Morgan fingerprint density at radius 2 is 1.78 bits per heavy atom. The Balaban J connectivity index is 1.36. The van der Waals surface area contributed by atoms with Gasteiger partial charge in [0.15, 0.2) is 0 Å². The first-order valence-electron chi connectivity index (χ1n) is 12.0. The van der Waals surface area contributed by atoms with E-state index in [0.717, 1.165) is 18.5 Å². The van der Waals surface area contributed by atoms with Crippen LogP contribution in [0.1, 0.15) is 46.5 Å². The minimum absolute atomic E-state index is 0.0389. The fourth-order valence-corrected chi connectivity index (χ4v) is 4.86. The van der Waals surface area contributed by atoms with Crippen molar-refractivity contribution < 1.29 is 26.9 Å². The van der Waals surface area contributed by atoms with Gasteiger partial charge < -0.3 is 24.5 Å². The van der Waals surface area contributed by atoms with Crippen molar-refractivity contribution in [3.8, 4) is 5.75 Å². The lowest BCUT2D eigenvalue weighted by molar-refractivity contribution is -0.115. The molecule has 4 rings (SSSR count). The van der Waals surface area contributed by atoms with Crippen molar-refractivity contribution in [2.24, 2.45) is 0 Å². The van der Waals surface area contributed by atoms with Gasteiger partial charge in [-0.05, 0) is 70.0 Å². The highest BCUT2D eigenvalue weighted by atomic mass is 32.2. The highest BCUT2D eigenvalue weighted by Gasteiger charge is 2.20. The minimum atomic E-state index is -4.05. The first-order chi connectivity index (χ1) is 17.5. The number of H-pyrrole nitrogens is 1. The number of carbonyl (C=O) groups is 2. The predicted molar refractivity (Wildman–Crippen MR) is 139 cm³/mol. The Labute approximate surface area is 215 Å². The van der Waals surface area contributed by atoms with Crippen LogP contribution in [0.3, 0.4) is 0 Å². The summed E-state index contributed by atoms with van der Waals surface area (Å²) in [7, 11) is -4.05. The second kappa shape index (κ2) is 10.7. The van der Waals surface area contributed by atoms with Crippen LogP contribution in [-0.2, 0) is 19.6 Å². The van der Waals surface area contributed by atoms with E-state index in [2.05, 4.69) is 25.9 Å².